The predicted octanol–water partition coefficient (Wildman–Crippen LogP) is 3.42. The van der Waals surface area contributed by atoms with Crippen LogP contribution in [0.5, 0.6) is 5.88 Å². The number of alkyl carbamates (subject to hydrolysis) is 1. The fourth-order valence-corrected chi connectivity index (χ4v) is 1.87. The molecule has 0 fully saturated rings. The molecule has 0 aliphatic rings. The van der Waals surface area contributed by atoms with E-state index in [1.165, 1.54) is 0 Å². The van der Waals surface area contributed by atoms with Crippen LogP contribution >= 0.6 is 0 Å². The Labute approximate surface area is 136 Å². The van der Waals surface area contributed by atoms with Gasteiger partial charge in [0.05, 0.1) is 12.8 Å². The number of ether oxygens (including phenoxy) is 2. The maximum atomic E-state index is 11.5. The van der Waals surface area contributed by atoms with Crippen LogP contribution in [0.4, 0.5) is 4.79 Å². The van der Waals surface area contributed by atoms with Gasteiger partial charge in [-0.25, -0.2) is 9.78 Å². The van der Waals surface area contributed by atoms with Crippen molar-refractivity contribution in [2.45, 2.75) is 13.0 Å². The lowest BCUT2D eigenvalue weighted by molar-refractivity contribution is 0.140. The Hall–Kier alpha value is -2.82. The number of nitrogens with one attached hydrogen (secondary N) is 1. The minimum Gasteiger partial charge on any atom is -0.481 e. The first-order chi connectivity index (χ1) is 11.3. The van der Waals surface area contributed by atoms with Gasteiger partial charge in [-0.15, -0.1) is 0 Å². The van der Waals surface area contributed by atoms with Crippen molar-refractivity contribution in [3.05, 3.63) is 65.9 Å². The molecule has 2 rings (SSSR count). The standard InChI is InChI=1S/C18H20N2O3/c1-22-17-12-7-11-16(20-17)10-5-6-13-19-18(21)23-14-15-8-3-2-4-9-15/h2-5,7-12H,6,13-14H2,1H3,(H,19,21). The van der Waals surface area contributed by atoms with Crippen LogP contribution in [0.2, 0.25) is 0 Å². The van der Waals surface area contributed by atoms with Crippen molar-refractivity contribution >= 4 is 12.2 Å². The first-order valence-electron chi connectivity index (χ1n) is 7.40. The highest BCUT2D eigenvalue weighted by Gasteiger charge is 2.00. The number of aromatic nitrogens is 1. The van der Waals surface area contributed by atoms with E-state index in [-0.39, 0.29) is 6.61 Å². The third-order valence-electron chi connectivity index (χ3n) is 3.04. The van der Waals surface area contributed by atoms with Crippen molar-refractivity contribution < 1.29 is 14.3 Å². The van der Waals surface area contributed by atoms with E-state index in [2.05, 4.69) is 10.3 Å². The molecular formula is C18H20N2O3. The molecular weight excluding hydrogens is 292 g/mol. The van der Waals surface area contributed by atoms with E-state index < -0.39 is 6.09 Å². The number of hydrogen-bond donors (Lipinski definition) is 1. The highest BCUT2D eigenvalue weighted by Crippen LogP contribution is 2.08. The summed E-state index contributed by atoms with van der Waals surface area (Å²) in [7, 11) is 1.58. The monoisotopic (exact) mass is 312 g/mol. The number of carbonyl (C=O) groups is 1. The quantitative estimate of drug-likeness (QED) is 0.796. The van der Waals surface area contributed by atoms with Crippen LogP contribution in [0.25, 0.3) is 6.08 Å². The van der Waals surface area contributed by atoms with E-state index in [4.69, 9.17) is 9.47 Å². The van der Waals surface area contributed by atoms with Crippen molar-refractivity contribution in [2.24, 2.45) is 0 Å². The van der Waals surface area contributed by atoms with Gasteiger partial charge in [0, 0.05) is 12.6 Å². The lowest BCUT2D eigenvalue weighted by atomic mass is 10.2. The highest BCUT2D eigenvalue weighted by atomic mass is 16.5. The van der Waals surface area contributed by atoms with Crippen molar-refractivity contribution in [2.75, 3.05) is 13.7 Å². The van der Waals surface area contributed by atoms with Crippen LogP contribution in [0.1, 0.15) is 17.7 Å². The fourth-order valence-electron chi connectivity index (χ4n) is 1.87. The molecule has 0 saturated carbocycles. The van der Waals surface area contributed by atoms with Gasteiger partial charge in [-0.1, -0.05) is 42.5 Å². The van der Waals surface area contributed by atoms with Gasteiger partial charge in [0.25, 0.3) is 0 Å². The minimum atomic E-state index is -0.415. The molecule has 5 nitrogen and oxygen atoms in total. The second-order valence-corrected chi connectivity index (χ2v) is 4.78. The predicted molar refractivity (Wildman–Crippen MR) is 89.1 cm³/mol. The third kappa shape index (κ3) is 6.22. The minimum absolute atomic E-state index is 0.274. The average molecular weight is 312 g/mol. The number of pyridine rings is 1. The maximum absolute atomic E-state index is 11.5. The molecule has 0 radical (unpaired) electrons. The molecule has 1 amide bonds. The zero-order valence-electron chi connectivity index (χ0n) is 13.1. The molecule has 120 valence electrons. The Morgan fingerprint density at radius 1 is 1.17 bits per heavy atom. The van der Waals surface area contributed by atoms with Crippen LogP contribution in [-0.2, 0) is 11.3 Å². The van der Waals surface area contributed by atoms with Crippen LogP contribution < -0.4 is 10.1 Å². The second-order valence-electron chi connectivity index (χ2n) is 4.78. The molecule has 0 aliphatic heterocycles. The normalized spacial score (nSPS) is 10.5. The molecule has 1 N–H and O–H groups in total. The summed E-state index contributed by atoms with van der Waals surface area (Å²) in [4.78, 5) is 15.8. The summed E-state index contributed by atoms with van der Waals surface area (Å²) in [5.74, 6) is 0.578. The van der Waals surface area contributed by atoms with Crippen LogP contribution in [-0.4, -0.2) is 24.7 Å². The summed E-state index contributed by atoms with van der Waals surface area (Å²) in [6.45, 7) is 0.782. The number of benzene rings is 1. The van der Waals surface area contributed by atoms with Gasteiger partial charge in [-0.3, -0.25) is 0 Å². The summed E-state index contributed by atoms with van der Waals surface area (Å²) in [6, 6.07) is 15.1. The number of rotatable bonds is 7. The molecule has 0 aliphatic carbocycles. The summed E-state index contributed by atoms with van der Waals surface area (Å²) >= 11 is 0. The lowest BCUT2D eigenvalue weighted by Gasteiger charge is -2.05. The molecule has 2 aromatic rings. The molecule has 0 spiro atoms. The van der Waals surface area contributed by atoms with E-state index in [1.807, 2.05) is 54.6 Å². The Kier molecular flexibility index (Phi) is 6.65. The summed E-state index contributed by atoms with van der Waals surface area (Å²) in [5, 5.41) is 2.70. The van der Waals surface area contributed by atoms with Crippen LogP contribution in [0.15, 0.2) is 54.6 Å². The number of methoxy groups -OCH3 is 1. The smallest absolute Gasteiger partial charge is 0.407 e. The molecule has 5 heteroatoms. The van der Waals surface area contributed by atoms with Crippen molar-refractivity contribution in [3.8, 4) is 5.88 Å². The summed E-state index contributed by atoms with van der Waals surface area (Å²) in [5.41, 5.74) is 1.78. The van der Waals surface area contributed by atoms with E-state index >= 15 is 0 Å². The van der Waals surface area contributed by atoms with Crippen LogP contribution in [0.3, 0.4) is 0 Å². The van der Waals surface area contributed by atoms with Crippen LogP contribution in [0, 0.1) is 0 Å². The molecule has 1 heterocycles. The van der Waals surface area contributed by atoms with Gasteiger partial charge >= 0.3 is 6.09 Å². The Balaban J connectivity index is 1.64. The molecule has 0 unspecified atom stereocenters. The van der Waals surface area contributed by atoms with E-state index in [0.29, 0.717) is 18.8 Å². The largest absolute Gasteiger partial charge is 0.481 e. The first-order valence-corrected chi connectivity index (χ1v) is 7.40. The Morgan fingerprint density at radius 2 is 2.00 bits per heavy atom. The Morgan fingerprint density at radius 3 is 2.78 bits per heavy atom. The van der Waals surface area contributed by atoms with Gasteiger partial charge in [0.1, 0.15) is 6.61 Å². The topological polar surface area (TPSA) is 60.5 Å². The zero-order valence-corrected chi connectivity index (χ0v) is 13.1. The highest BCUT2D eigenvalue weighted by molar-refractivity contribution is 5.67. The summed E-state index contributed by atoms with van der Waals surface area (Å²) < 4.78 is 10.2. The van der Waals surface area contributed by atoms with Gasteiger partial charge in [-0.2, -0.15) is 0 Å². The van der Waals surface area contributed by atoms with Gasteiger partial charge in [0.15, 0.2) is 0 Å². The molecule has 0 saturated heterocycles. The molecule has 23 heavy (non-hydrogen) atoms. The lowest BCUT2D eigenvalue weighted by Crippen LogP contribution is -2.24. The first kappa shape index (κ1) is 16.5. The van der Waals surface area contributed by atoms with Crippen molar-refractivity contribution in [3.63, 3.8) is 0 Å². The molecule has 1 aromatic heterocycles. The zero-order chi connectivity index (χ0) is 16.3. The number of nitrogens with zero attached hydrogens (tertiary/aromatic N) is 1. The van der Waals surface area contributed by atoms with E-state index in [0.717, 1.165) is 11.3 Å². The van der Waals surface area contributed by atoms with E-state index in [9.17, 15) is 4.79 Å². The molecule has 0 atom stereocenters. The molecule has 1 aromatic carbocycles. The van der Waals surface area contributed by atoms with Gasteiger partial charge < -0.3 is 14.8 Å². The molecule has 0 bridgehead atoms. The van der Waals surface area contributed by atoms with E-state index in [1.54, 1.807) is 13.2 Å². The SMILES string of the molecule is COc1cccc(C=CCCNC(=O)OCc2ccccc2)n1. The second kappa shape index (κ2) is 9.25. The fraction of sp³-hybridized carbons (Fsp3) is 0.222. The summed E-state index contributed by atoms with van der Waals surface area (Å²) in [6.07, 6.45) is 4.11. The number of carbonyl (C=O) groups excluding carboxylic acids is 1. The third-order valence-corrected chi connectivity index (χ3v) is 3.04. The average Bonchev–Trinajstić information content (AvgIpc) is 2.61. The van der Waals surface area contributed by atoms with Gasteiger partial charge in [0.2, 0.25) is 5.88 Å². The van der Waals surface area contributed by atoms with Crippen molar-refractivity contribution in [1.29, 1.82) is 0 Å². The number of hydrogen-bond acceptors (Lipinski definition) is 4. The van der Waals surface area contributed by atoms with Gasteiger partial charge in [-0.05, 0) is 24.1 Å². The Bertz CT molecular complexity index is 642. The number of amides is 1. The maximum Gasteiger partial charge on any atom is 0.407 e. The van der Waals surface area contributed by atoms with Crippen molar-refractivity contribution in [1.82, 2.24) is 10.3 Å².